The summed E-state index contributed by atoms with van der Waals surface area (Å²) in [6, 6.07) is 0. The number of ether oxygens (including phenoxy) is 7. The molecule has 8 aliphatic rings. The number of hydrogen-bond acceptors (Lipinski definition) is 20. The van der Waals surface area contributed by atoms with E-state index in [-0.39, 0.29) is 65.8 Å². The third kappa shape index (κ3) is 8.60. The lowest BCUT2D eigenvalue weighted by atomic mass is 9.44. The topological polar surface area (TPSA) is 324 Å². The summed E-state index contributed by atoms with van der Waals surface area (Å²) in [5.74, 6) is -1.34. The molecular weight excluding hydrogens is 860 g/mol. The van der Waals surface area contributed by atoms with Gasteiger partial charge in [-0.3, -0.25) is 4.79 Å². The van der Waals surface area contributed by atoms with Gasteiger partial charge in [0.15, 0.2) is 24.7 Å². The van der Waals surface area contributed by atoms with Gasteiger partial charge in [0.25, 0.3) is 0 Å². The smallest absolute Gasteiger partial charge is 0.187 e. The van der Waals surface area contributed by atoms with Crippen LogP contribution in [0, 0.1) is 46.3 Å². The first kappa shape index (κ1) is 50.1. The molecule has 0 aromatic carbocycles. The molecule has 0 amide bonds. The zero-order valence-corrected chi connectivity index (χ0v) is 37.3. The van der Waals surface area contributed by atoms with Crippen LogP contribution < -0.4 is 0 Å². The van der Waals surface area contributed by atoms with Gasteiger partial charge in [-0.2, -0.15) is 0 Å². The molecular formula is C45H72O20. The SMILES string of the molecule is C=C(CC[C@@]1(O)O[C@H]2C[C@H]3[C@@H]4CC[C@H]5C[C@@H](O[C@@H]6O[C@H](CO)[C@H](O)[C@H](O)[C@H]6O[C@@H]6O[C@H](CO)[C@@H](O)[C@H](O)[C@H]6O)CC[C@]5(C)[C@H]4CC(=O)[C@]3(C)[C@H]2[C@@H]1C)CO[C@@H]1O[C@H](CO)[C@@H](O)[C@H](O)[C@H]1O. The minimum atomic E-state index is -1.78. The Morgan fingerprint density at radius 1 is 0.723 bits per heavy atom. The number of aliphatic hydroxyl groups excluding tert-OH is 11. The van der Waals surface area contributed by atoms with Crippen molar-refractivity contribution < 1.29 is 99.2 Å². The average molecular weight is 933 g/mol. The van der Waals surface area contributed by atoms with Crippen LogP contribution in [0.3, 0.4) is 0 Å². The molecule has 12 N–H and O–H groups in total. The molecule has 4 aliphatic carbocycles. The van der Waals surface area contributed by atoms with Crippen LogP contribution in [0.5, 0.6) is 0 Å². The Morgan fingerprint density at radius 2 is 1.31 bits per heavy atom. The quantitative estimate of drug-likeness (QED) is 0.0662. The number of ketones is 1. The van der Waals surface area contributed by atoms with E-state index in [0.29, 0.717) is 37.7 Å². The van der Waals surface area contributed by atoms with Crippen LogP contribution in [0.1, 0.15) is 78.6 Å². The molecule has 0 spiro atoms. The molecule has 4 heterocycles. The van der Waals surface area contributed by atoms with Crippen molar-refractivity contribution in [1.29, 1.82) is 0 Å². The maximum Gasteiger partial charge on any atom is 0.187 e. The molecule has 372 valence electrons. The highest BCUT2D eigenvalue weighted by molar-refractivity contribution is 5.87. The lowest BCUT2D eigenvalue weighted by Crippen LogP contribution is -2.65. The Labute approximate surface area is 378 Å². The molecule has 4 saturated carbocycles. The first-order valence-electron chi connectivity index (χ1n) is 23.5. The van der Waals surface area contributed by atoms with Crippen molar-refractivity contribution in [1.82, 2.24) is 0 Å². The van der Waals surface area contributed by atoms with Gasteiger partial charge < -0.3 is 94.4 Å². The highest BCUT2D eigenvalue weighted by Gasteiger charge is 2.71. The summed E-state index contributed by atoms with van der Waals surface area (Å²) in [5, 5.41) is 125. The minimum absolute atomic E-state index is 0.0590. The first-order chi connectivity index (χ1) is 30.7. The van der Waals surface area contributed by atoms with Crippen molar-refractivity contribution in [3.8, 4) is 0 Å². The third-order valence-electron chi connectivity index (χ3n) is 17.6. The van der Waals surface area contributed by atoms with E-state index in [4.69, 9.17) is 33.2 Å². The second-order valence-corrected chi connectivity index (χ2v) is 20.9. The molecule has 0 bridgehead atoms. The third-order valence-corrected chi connectivity index (χ3v) is 17.6. The summed E-state index contributed by atoms with van der Waals surface area (Å²) in [7, 11) is 0. The van der Waals surface area contributed by atoms with Crippen molar-refractivity contribution >= 4 is 5.78 Å². The number of rotatable bonds is 13. The monoisotopic (exact) mass is 932 g/mol. The fraction of sp³-hybridized carbons (Fsp3) is 0.933. The van der Waals surface area contributed by atoms with Crippen LogP contribution >= 0.6 is 0 Å². The number of Topliss-reactive ketones (excluding diaryl/α,β-unsaturated/α-hetero) is 1. The summed E-state index contributed by atoms with van der Waals surface area (Å²) in [6.07, 6.45) is -18.0. The number of carbonyl (C=O) groups is 1. The lowest BCUT2D eigenvalue weighted by Gasteiger charge is -2.60. The Morgan fingerprint density at radius 3 is 1.94 bits per heavy atom. The van der Waals surface area contributed by atoms with E-state index in [2.05, 4.69) is 20.4 Å². The molecule has 20 nitrogen and oxygen atoms in total. The van der Waals surface area contributed by atoms with Crippen LogP contribution in [0.4, 0.5) is 0 Å². The van der Waals surface area contributed by atoms with Crippen LogP contribution in [-0.2, 0) is 38.0 Å². The fourth-order valence-electron chi connectivity index (χ4n) is 13.7. The summed E-state index contributed by atoms with van der Waals surface area (Å²) in [4.78, 5) is 14.7. The van der Waals surface area contributed by atoms with E-state index >= 15 is 0 Å². The summed E-state index contributed by atoms with van der Waals surface area (Å²) in [5.41, 5.74) is -0.343. The van der Waals surface area contributed by atoms with Gasteiger partial charge in [-0.05, 0) is 74.0 Å². The standard InChI is InChI=1S/C45H72O20/c1-18(17-59-40-37(56)34(53)31(50)26(14-46)61-40)7-10-45(58)19(2)30-25(65-45)12-24-22-6-5-20-11-21(8-9-43(20,3)23(22)13-29(49)44(24,30)4)60-42-39(36(55)33(52)28(16-48)63-42)64-41-38(57)35(54)32(51)27(15-47)62-41/h19-28,30-42,46-48,50-58H,1,5-17H2,2-4H3/t19-,20-,21-,22+,23-,24-,25-,26+,27+,28+,30-,31+,32+,33-,34-,35-,36-,37+,38+,39+,40+,41-,42+,43-,44+,45+/m0/s1. The molecule has 8 fully saturated rings. The first-order valence-corrected chi connectivity index (χ1v) is 23.5. The Kier molecular flexibility index (Phi) is 14.7. The molecule has 26 atom stereocenters. The van der Waals surface area contributed by atoms with E-state index in [0.717, 1.165) is 19.3 Å². The van der Waals surface area contributed by atoms with Gasteiger partial charge in [0.2, 0.25) is 0 Å². The number of fused-ring (bicyclic) bond motifs is 7. The average Bonchev–Trinajstić information content (AvgIpc) is 3.73. The zero-order chi connectivity index (χ0) is 47.1. The van der Waals surface area contributed by atoms with E-state index in [1.807, 2.05) is 6.92 Å². The van der Waals surface area contributed by atoms with Gasteiger partial charge in [0.1, 0.15) is 79.0 Å². The van der Waals surface area contributed by atoms with E-state index < -0.39 is 129 Å². The van der Waals surface area contributed by atoms with Crippen molar-refractivity contribution in [3.63, 3.8) is 0 Å². The lowest BCUT2D eigenvalue weighted by molar-refractivity contribution is -0.373. The minimum Gasteiger partial charge on any atom is -0.394 e. The van der Waals surface area contributed by atoms with Crippen LogP contribution in [0.15, 0.2) is 12.2 Å². The predicted molar refractivity (Wildman–Crippen MR) is 219 cm³/mol. The van der Waals surface area contributed by atoms with Gasteiger partial charge in [-0.15, -0.1) is 0 Å². The van der Waals surface area contributed by atoms with Gasteiger partial charge in [0, 0.05) is 30.1 Å². The van der Waals surface area contributed by atoms with E-state index in [9.17, 15) is 66.1 Å². The highest BCUT2D eigenvalue weighted by atomic mass is 16.8. The maximum absolute atomic E-state index is 14.7. The molecule has 0 radical (unpaired) electrons. The molecule has 0 aromatic rings. The van der Waals surface area contributed by atoms with Gasteiger partial charge in [-0.25, -0.2) is 0 Å². The zero-order valence-electron chi connectivity index (χ0n) is 37.3. The van der Waals surface area contributed by atoms with Crippen molar-refractivity contribution in [2.75, 3.05) is 26.4 Å². The molecule has 4 aliphatic heterocycles. The second kappa shape index (κ2) is 19.1. The molecule has 8 rings (SSSR count). The van der Waals surface area contributed by atoms with Gasteiger partial charge >= 0.3 is 0 Å². The highest BCUT2D eigenvalue weighted by Crippen LogP contribution is 2.70. The Hall–Kier alpha value is -1.35. The van der Waals surface area contributed by atoms with Gasteiger partial charge in [0.05, 0.1) is 38.6 Å². The van der Waals surface area contributed by atoms with Crippen molar-refractivity contribution in [2.45, 2.75) is 189 Å². The number of aliphatic hydroxyl groups is 12. The maximum atomic E-state index is 14.7. The van der Waals surface area contributed by atoms with Crippen LogP contribution in [0.2, 0.25) is 0 Å². The Balaban J connectivity index is 0.888. The molecule has 20 heteroatoms. The molecule has 65 heavy (non-hydrogen) atoms. The van der Waals surface area contributed by atoms with Crippen LogP contribution in [0.25, 0.3) is 0 Å². The van der Waals surface area contributed by atoms with E-state index in [1.54, 1.807) is 0 Å². The molecule has 0 unspecified atom stereocenters. The summed E-state index contributed by atoms with van der Waals surface area (Å²) in [6.45, 7) is 8.34. The molecule has 4 saturated heterocycles. The van der Waals surface area contributed by atoms with Gasteiger partial charge in [-0.1, -0.05) is 32.9 Å². The molecule has 0 aromatic heterocycles. The van der Waals surface area contributed by atoms with Crippen molar-refractivity contribution in [2.24, 2.45) is 46.3 Å². The number of carbonyl (C=O) groups excluding carboxylic acids is 1. The summed E-state index contributed by atoms with van der Waals surface area (Å²) < 4.78 is 41.5. The summed E-state index contributed by atoms with van der Waals surface area (Å²) >= 11 is 0. The second-order valence-electron chi connectivity index (χ2n) is 20.9. The Bertz CT molecular complexity index is 1690. The normalized spacial score (nSPS) is 54.4. The van der Waals surface area contributed by atoms with Crippen LogP contribution in [-0.4, -0.2) is 204 Å². The largest absolute Gasteiger partial charge is 0.394 e. The van der Waals surface area contributed by atoms with Crippen molar-refractivity contribution in [3.05, 3.63) is 12.2 Å². The predicted octanol–water partition coefficient (Wildman–Crippen LogP) is -2.68. The van der Waals surface area contributed by atoms with E-state index in [1.165, 1.54) is 0 Å². The number of hydrogen-bond donors (Lipinski definition) is 12. The fourth-order valence-corrected chi connectivity index (χ4v) is 13.7.